The average Bonchev–Trinajstić information content (AvgIpc) is 3.42. The number of morpholine rings is 1. The monoisotopic (exact) mass is 379 g/mol. The van der Waals surface area contributed by atoms with Gasteiger partial charge in [-0.2, -0.15) is 10.2 Å². The molecule has 5 heterocycles. The lowest BCUT2D eigenvalue weighted by Gasteiger charge is -2.34. The summed E-state index contributed by atoms with van der Waals surface area (Å²) in [6.45, 7) is 8.16. The number of aromatic amines is 1. The predicted octanol–water partition coefficient (Wildman–Crippen LogP) is 2.62. The van der Waals surface area contributed by atoms with Gasteiger partial charge in [0.2, 0.25) is 0 Å². The fourth-order valence-corrected chi connectivity index (χ4v) is 3.79. The Morgan fingerprint density at radius 2 is 2.18 bits per heavy atom. The lowest BCUT2D eigenvalue weighted by atomic mass is 10.1. The van der Waals surface area contributed by atoms with Crippen molar-refractivity contribution in [3.63, 3.8) is 0 Å². The van der Waals surface area contributed by atoms with E-state index in [1.165, 1.54) is 0 Å². The zero-order valence-corrected chi connectivity index (χ0v) is 16.0. The van der Waals surface area contributed by atoms with Gasteiger partial charge in [0, 0.05) is 18.8 Å². The van der Waals surface area contributed by atoms with E-state index in [0.29, 0.717) is 13.2 Å². The minimum Gasteiger partial charge on any atom is -0.377 e. The van der Waals surface area contributed by atoms with Crippen LogP contribution in [-0.4, -0.2) is 55.8 Å². The minimum absolute atomic E-state index is 0.236. The Labute approximate surface area is 161 Å². The van der Waals surface area contributed by atoms with E-state index >= 15 is 0 Å². The fraction of sp³-hybridized carbons (Fsp3) is 0.368. The van der Waals surface area contributed by atoms with Crippen molar-refractivity contribution >= 4 is 11.5 Å². The second-order valence-corrected chi connectivity index (χ2v) is 7.08. The van der Waals surface area contributed by atoms with E-state index in [1.807, 2.05) is 30.6 Å². The number of aromatic nitrogens is 6. The van der Waals surface area contributed by atoms with Crippen molar-refractivity contribution in [3.8, 4) is 22.5 Å². The Kier molecular flexibility index (Phi) is 3.90. The van der Waals surface area contributed by atoms with Crippen molar-refractivity contribution < 1.29 is 9.26 Å². The Bertz CT molecular complexity index is 1110. The molecule has 0 amide bonds. The second-order valence-electron chi connectivity index (χ2n) is 7.08. The Balaban J connectivity index is 1.78. The highest BCUT2D eigenvalue weighted by molar-refractivity contribution is 5.79. The molecule has 0 aliphatic carbocycles. The van der Waals surface area contributed by atoms with Crippen molar-refractivity contribution in [2.75, 3.05) is 24.7 Å². The molecule has 9 nitrogen and oxygen atoms in total. The molecule has 4 aromatic rings. The van der Waals surface area contributed by atoms with Crippen LogP contribution >= 0.6 is 0 Å². The zero-order chi connectivity index (χ0) is 19.3. The number of anilines is 1. The summed E-state index contributed by atoms with van der Waals surface area (Å²) in [4.78, 5) is 7.24. The van der Waals surface area contributed by atoms with Crippen LogP contribution in [0.4, 0.5) is 5.82 Å². The third-order valence-corrected chi connectivity index (χ3v) is 5.20. The lowest BCUT2D eigenvalue weighted by molar-refractivity contribution is 0.0985. The van der Waals surface area contributed by atoms with Gasteiger partial charge in [-0.1, -0.05) is 5.16 Å². The highest BCUT2D eigenvalue weighted by atomic mass is 16.5. The summed E-state index contributed by atoms with van der Waals surface area (Å²) in [6.07, 6.45) is 3.53. The van der Waals surface area contributed by atoms with Crippen LogP contribution in [0.3, 0.4) is 0 Å². The molecule has 0 saturated carbocycles. The first-order chi connectivity index (χ1) is 13.6. The highest BCUT2D eigenvalue weighted by Crippen LogP contribution is 2.33. The van der Waals surface area contributed by atoms with E-state index in [9.17, 15) is 0 Å². The van der Waals surface area contributed by atoms with Crippen LogP contribution in [-0.2, 0) is 4.74 Å². The highest BCUT2D eigenvalue weighted by Gasteiger charge is 2.25. The number of ether oxygens (including phenoxy) is 1. The van der Waals surface area contributed by atoms with Crippen LogP contribution < -0.4 is 4.90 Å². The number of fused-ring (bicyclic) bond motifs is 1. The predicted molar refractivity (Wildman–Crippen MR) is 103 cm³/mol. The summed E-state index contributed by atoms with van der Waals surface area (Å²) in [5.74, 6) is 1.64. The van der Waals surface area contributed by atoms with Crippen LogP contribution in [0.15, 0.2) is 29.0 Å². The van der Waals surface area contributed by atoms with Gasteiger partial charge in [0.05, 0.1) is 53.7 Å². The first-order valence-corrected chi connectivity index (χ1v) is 9.29. The molecule has 0 aromatic carbocycles. The first-order valence-electron chi connectivity index (χ1n) is 9.29. The molecule has 0 spiro atoms. The van der Waals surface area contributed by atoms with E-state index in [1.54, 1.807) is 6.20 Å². The van der Waals surface area contributed by atoms with Crippen molar-refractivity contribution in [1.82, 2.24) is 30.0 Å². The zero-order valence-electron chi connectivity index (χ0n) is 16.0. The number of rotatable bonds is 3. The summed E-state index contributed by atoms with van der Waals surface area (Å²) in [7, 11) is 0. The third kappa shape index (κ3) is 2.58. The van der Waals surface area contributed by atoms with Crippen LogP contribution in [0.1, 0.15) is 18.4 Å². The molecular weight excluding hydrogens is 358 g/mol. The molecule has 1 fully saturated rings. The van der Waals surface area contributed by atoms with Gasteiger partial charge in [-0.25, -0.2) is 9.50 Å². The van der Waals surface area contributed by atoms with Crippen LogP contribution in [0.25, 0.3) is 28.2 Å². The quantitative estimate of drug-likeness (QED) is 0.584. The van der Waals surface area contributed by atoms with E-state index < -0.39 is 0 Å². The van der Waals surface area contributed by atoms with Crippen molar-refractivity contribution in [3.05, 3.63) is 36.0 Å². The Morgan fingerprint density at radius 3 is 2.89 bits per heavy atom. The van der Waals surface area contributed by atoms with E-state index in [4.69, 9.17) is 14.2 Å². The second kappa shape index (κ2) is 6.45. The van der Waals surface area contributed by atoms with E-state index in [-0.39, 0.29) is 6.04 Å². The number of hydrogen-bond acceptors (Lipinski definition) is 7. The standard InChI is InChI=1S/C19H21N7O2/c1-11-10-27-7-6-25(11)17-8-16(18-12(2)24-28-13(18)3)26-19(22-17)14(9-21-26)15-4-5-20-23-15/h4-5,8-9,11H,6-7,10H2,1-3H3,(H,20,23). The Morgan fingerprint density at radius 1 is 1.29 bits per heavy atom. The maximum atomic E-state index is 5.60. The molecule has 4 aromatic heterocycles. The largest absolute Gasteiger partial charge is 0.377 e. The normalized spacial score (nSPS) is 17.5. The van der Waals surface area contributed by atoms with Crippen LogP contribution in [0.2, 0.25) is 0 Å². The molecule has 1 unspecified atom stereocenters. The smallest absolute Gasteiger partial charge is 0.167 e. The van der Waals surface area contributed by atoms with Crippen molar-refractivity contribution in [2.24, 2.45) is 0 Å². The molecule has 1 atom stereocenters. The molecule has 1 N–H and O–H groups in total. The molecule has 1 aliphatic rings. The van der Waals surface area contributed by atoms with E-state index in [2.05, 4.69) is 38.3 Å². The molecule has 9 heteroatoms. The molecule has 28 heavy (non-hydrogen) atoms. The molecular formula is C19H21N7O2. The van der Waals surface area contributed by atoms with Gasteiger partial charge < -0.3 is 14.2 Å². The first kappa shape index (κ1) is 16.9. The molecule has 1 saturated heterocycles. The summed E-state index contributed by atoms with van der Waals surface area (Å²) in [5.41, 5.74) is 5.20. The van der Waals surface area contributed by atoms with Gasteiger partial charge in [0.15, 0.2) is 5.65 Å². The number of H-pyrrole nitrogens is 1. The van der Waals surface area contributed by atoms with Gasteiger partial charge in [0.1, 0.15) is 11.6 Å². The summed E-state index contributed by atoms with van der Waals surface area (Å²) < 4.78 is 12.9. The summed E-state index contributed by atoms with van der Waals surface area (Å²) >= 11 is 0. The topological polar surface area (TPSA) is 97.4 Å². The third-order valence-electron chi connectivity index (χ3n) is 5.20. The summed E-state index contributed by atoms with van der Waals surface area (Å²) in [6, 6.07) is 4.21. The number of nitrogens with one attached hydrogen (secondary N) is 1. The van der Waals surface area contributed by atoms with E-state index in [0.717, 1.165) is 52.0 Å². The van der Waals surface area contributed by atoms with Gasteiger partial charge >= 0.3 is 0 Å². The molecule has 0 bridgehead atoms. The van der Waals surface area contributed by atoms with Crippen molar-refractivity contribution in [1.29, 1.82) is 0 Å². The van der Waals surface area contributed by atoms with Crippen molar-refractivity contribution in [2.45, 2.75) is 26.8 Å². The molecule has 1 aliphatic heterocycles. The number of hydrogen-bond donors (Lipinski definition) is 1. The SMILES string of the molecule is Cc1noc(C)c1-c1cc(N2CCOCC2C)nc2c(-c3ccn[nH]3)cnn12. The number of nitrogens with zero attached hydrogens (tertiary/aromatic N) is 6. The molecule has 5 rings (SSSR count). The average molecular weight is 379 g/mol. The lowest BCUT2D eigenvalue weighted by Crippen LogP contribution is -2.44. The number of aryl methyl sites for hydroxylation is 2. The van der Waals surface area contributed by atoms with Gasteiger partial charge in [-0.05, 0) is 26.8 Å². The summed E-state index contributed by atoms with van der Waals surface area (Å²) in [5, 5.41) is 15.8. The minimum atomic E-state index is 0.236. The van der Waals surface area contributed by atoms with Gasteiger partial charge in [-0.15, -0.1) is 0 Å². The maximum Gasteiger partial charge on any atom is 0.167 e. The van der Waals surface area contributed by atoms with Gasteiger partial charge in [0.25, 0.3) is 0 Å². The van der Waals surface area contributed by atoms with Crippen LogP contribution in [0.5, 0.6) is 0 Å². The van der Waals surface area contributed by atoms with Gasteiger partial charge in [-0.3, -0.25) is 5.10 Å². The fourth-order valence-electron chi connectivity index (χ4n) is 3.79. The molecule has 144 valence electrons. The Hall–Kier alpha value is -3.20. The maximum absolute atomic E-state index is 5.60. The van der Waals surface area contributed by atoms with Crippen LogP contribution in [0, 0.1) is 13.8 Å². The molecule has 0 radical (unpaired) electrons.